The summed E-state index contributed by atoms with van der Waals surface area (Å²) in [6, 6.07) is 9.31. The van der Waals surface area contributed by atoms with Gasteiger partial charge in [-0.25, -0.2) is 0 Å². The number of rotatable bonds is 6. The van der Waals surface area contributed by atoms with E-state index in [4.69, 9.17) is 5.73 Å². The van der Waals surface area contributed by atoms with Gasteiger partial charge in [-0.2, -0.15) is 0 Å². The normalized spacial score (nSPS) is 17.8. The van der Waals surface area contributed by atoms with Crippen LogP contribution in [0.25, 0.3) is 0 Å². The fourth-order valence-corrected chi connectivity index (χ4v) is 3.21. The SMILES string of the molecule is CC(C)Cc1ccc(CC2CCN(CCN)CC2)cc1. The van der Waals surface area contributed by atoms with Crippen molar-refractivity contribution in [2.45, 2.75) is 39.5 Å². The van der Waals surface area contributed by atoms with Gasteiger partial charge in [0.25, 0.3) is 0 Å². The monoisotopic (exact) mass is 274 g/mol. The van der Waals surface area contributed by atoms with Crippen LogP contribution in [0.4, 0.5) is 0 Å². The Hall–Kier alpha value is -0.860. The summed E-state index contributed by atoms with van der Waals surface area (Å²) in [4.78, 5) is 2.50. The maximum Gasteiger partial charge on any atom is 0.0105 e. The Morgan fingerprint density at radius 3 is 2.25 bits per heavy atom. The van der Waals surface area contributed by atoms with Gasteiger partial charge < -0.3 is 10.6 Å². The average Bonchev–Trinajstić information content (AvgIpc) is 2.43. The topological polar surface area (TPSA) is 29.3 Å². The molecule has 112 valence electrons. The van der Waals surface area contributed by atoms with Crippen LogP contribution in [0.3, 0.4) is 0 Å². The van der Waals surface area contributed by atoms with Crippen molar-refractivity contribution in [1.29, 1.82) is 0 Å². The second-order valence-corrected chi connectivity index (χ2v) is 6.69. The standard InChI is InChI=1S/C18H30N2/c1-15(2)13-16-3-5-17(6-4-16)14-18-7-10-20(11-8-18)12-9-19/h3-6,15,18H,7-14,19H2,1-2H3. The molecule has 1 aliphatic rings. The molecular formula is C18H30N2. The summed E-state index contributed by atoms with van der Waals surface area (Å²) in [5.74, 6) is 1.60. The molecule has 2 N–H and O–H groups in total. The van der Waals surface area contributed by atoms with Crippen LogP contribution < -0.4 is 5.73 Å². The van der Waals surface area contributed by atoms with Gasteiger partial charge >= 0.3 is 0 Å². The summed E-state index contributed by atoms with van der Waals surface area (Å²) in [5, 5.41) is 0. The van der Waals surface area contributed by atoms with Gasteiger partial charge in [-0.3, -0.25) is 0 Å². The zero-order valence-corrected chi connectivity index (χ0v) is 13.1. The summed E-state index contributed by atoms with van der Waals surface area (Å²) in [5.41, 5.74) is 8.61. The fraction of sp³-hybridized carbons (Fsp3) is 0.667. The van der Waals surface area contributed by atoms with Crippen LogP contribution >= 0.6 is 0 Å². The molecule has 0 spiro atoms. The van der Waals surface area contributed by atoms with Crippen molar-refractivity contribution in [3.05, 3.63) is 35.4 Å². The third-order valence-corrected chi connectivity index (χ3v) is 4.34. The second-order valence-electron chi connectivity index (χ2n) is 6.69. The molecule has 1 aromatic rings. The molecule has 2 rings (SSSR count). The zero-order chi connectivity index (χ0) is 14.4. The number of likely N-dealkylation sites (tertiary alicyclic amines) is 1. The highest BCUT2D eigenvalue weighted by Crippen LogP contribution is 2.22. The first-order valence-electron chi connectivity index (χ1n) is 8.17. The Morgan fingerprint density at radius 1 is 1.10 bits per heavy atom. The minimum absolute atomic E-state index is 0.743. The Bertz CT molecular complexity index is 375. The predicted octanol–water partition coefficient (Wildman–Crippen LogP) is 3.10. The molecule has 20 heavy (non-hydrogen) atoms. The summed E-state index contributed by atoms with van der Waals surface area (Å²) in [6.07, 6.45) is 5.09. The van der Waals surface area contributed by atoms with E-state index in [0.29, 0.717) is 0 Å². The molecule has 0 unspecified atom stereocenters. The molecule has 2 heteroatoms. The van der Waals surface area contributed by atoms with E-state index < -0.39 is 0 Å². The largest absolute Gasteiger partial charge is 0.329 e. The molecule has 1 heterocycles. The lowest BCUT2D eigenvalue weighted by Crippen LogP contribution is -2.37. The number of hydrogen-bond acceptors (Lipinski definition) is 2. The van der Waals surface area contributed by atoms with E-state index in [0.717, 1.165) is 24.9 Å². The molecule has 0 aromatic heterocycles. The van der Waals surface area contributed by atoms with Gasteiger partial charge in [-0.15, -0.1) is 0 Å². The molecule has 1 aromatic carbocycles. The number of hydrogen-bond donors (Lipinski definition) is 1. The summed E-state index contributed by atoms with van der Waals surface area (Å²) >= 11 is 0. The van der Waals surface area contributed by atoms with Gasteiger partial charge in [-0.05, 0) is 61.7 Å². The van der Waals surface area contributed by atoms with Crippen LogP contribution in [0, 0.1) is 11.8 Å². The summed E-state index contributed by atoms with van der Waals surface area (Å²) in [6.45, 7) is 8.88. The van der Waals surface area contributed by atoms with Gasteiger partial charge in [0.05, 0.1) is 0 Å². The lowest BCUT2D eigenvalue weighted by atomic mass is 9.89. The Balaban J connectivity index is 1.79. The van der Waals surface area contributed by atoms with E-state index in [9.17, 15) is 0 Å². The fourth-order valence-electron chi connectivity index (χ4n) is 3.21. The van der Waals surface area contributed by atoms with Crippen LogP contribution in [0.2, 0.25) is 0 Å². The molecule has 0 aliphatic carbocycles. The van der Waals surface area contributed by atoms with Crippen LogP contribution in [-0.2, 0) is 12.8 Å². The van der Waals surface area contributed by atoms with E-state index in [-0.39, 0.29) is 0 Å². The quantitative estimate of drug-likeness (QED) is 0.863. The van der Waals surface area contributed by atoms with Gasteiger partial charge in [0.15, 0.2) is 0 Å². The molecule has 2 nitrogen and oxygen atoms in total. The zero-order valence-electron chi connectivity index (χ0n) is 13.1. The van der Waals surface area contributed by atoms with Gasteiger partial charge in [0.2, 0.25) is 0 Å². The maximum absolute atomic E-state index is 5.62. The van der Waals surface area contributed by atoms with Crippen molar-refractivity contribution >= 4 is 0 Å². The third-order valence-electron chi connectivity index (χ3n) is 4.34. The molecule has 1 fully saturated rings. The van der Waals surface area contributed by atoms with Crippen molar-refractivity contribution in [3.63, 3.8) is 0 Å². The number of nitrogens with zero attached hydrogens (tertiary/aromatic N) is 1. The van der Waals surface area contributed by atoms with Crippen LogP contribution in [0.1, 0.15) is 37.8 Å². The van der Waals surface area contributed by atoms with E-state index in [2.05, 4.69) is 43.0 Å². The smallest absolute Gasteiger partial charge is 0.0105 e. The Labute approximate surface area is 124 Å². The average molecular weight is 274 g/mol. The third kappa shape index (κ3) is 4.92. The van der Waals surface area contributed by atoms with Crippen LogP contribution in [0.15, 0.2) is 24.3 Å². The molecule has 0 radical (unpaired) electrons. The molecule has 0 amide bonds. The minimum Gasteiger partial charge on any atom is -0.329 e. The summed E-state index contributed by atoms with van der Waals surface area (Å²) in [7, 11) is 0. The Kier molecular flexibility index (Phi) is 6.06. The van der Waals surface area contributed by atoms with Crippen molar-refractivity contribution < 1.29 is 0 Å². The van der Waals surface area contributed by atoms with Gasteiger partial charge in [0, 0.05) is 13.1 Å². The number of benzene rings is 1. The highest BCUT2D eigenvalue weighted by molar-refractivity contribution is 5.23. The minimum atomic E-state index is 0.743. The van der Waals surface area contributed by atoms with Gasteiger partial charge in [-0.1, -0.05) is 38.1 Å². The highest BCUT2D eigenvalue weighted by atomic mass is 15.1. The van der Waals surface area contributed by atoms with E-state index >= 15 is 0 Å². The first kappa shape index (κ1) is 15.5. The maximum atomic E-state index is 5.62. The van der Waals surface area contributed by atoms with E-state index in [1.807, 2.05) is 0 Å². The number of piperidine rings is 1. The van der Waals surface area contributed by atoms with Gasteiger partial charge in [0.1, 0.15) is 0 Å². The Morgan fingerprint density at radius 2 is 1.70 bits per heavy atom. The first-order chi connectivity index (χ1) is 9.67. The first-order valence-corrected chi connectivity index (χ1v) is 8.17. The lowest BCUT2D eigenvalue weighted by Gasteiger charge is -2.31. The molecule has 0 bridgehead atoms. The predicted molar refractivity (Wildman–Crippen MR) is 86.9 cm³/mol. The van der Waals surface area contributed by atoms with Crippen molar-refractivity contribution in [3.8, 4) is 0 Å². The van der Waals surface area contributed by atoms with E-state index in [1.54, 1.807) is 0 Å². The number of nitrogens with two attached hydrogens (primary N) is 1. The molecule has 0 atom stereocenters. The lowest BCUT2D eigenvalue weighted by molar-refractivity contribution is 0.188. The van der Waals surface area contributed by atoms with Crippen molar-refractivity contribution in [1.82, 2.24) is 4.90 Å². The summed E-state index contributed by atoms with van der Waals surface area (Å²) < 4.78 is 0. The molecule has 0 saturated carbocycles. The van der Waals surface area contributed by atoms with Crippen LogP contribution in [-0.4, -0.2) is 31.1 Å². The van der Waals surface area contributed by atoms with Crippen LogP contribution in [0.5, 0.6) is 0 Å². The molecule has 1 saturated heterocycles. The van der Waals surface area contributed by atoms with Crippen molar-refractivity contribution in [2.24, 2.45) is 17.6 Å². The molecular weight excluding hydrogens is 244 g/mol. The highest BCUT2D eigenvalue weighted by Gasteiger charge is 2.18. The molecule has 1 aliphatic heterocycles. The van der Waals surface area contributed by atoms with E-state index in [1.165, 1.54) is 49.9 Å². The second kappa shape index (κ2) is 7.80. The van der Waals surface area contributed by atoms with Crippen molar-refractivity contribution in [2.75, 3.05) is 26.2 Å².